The van der Waals surface area contributed by atoms with Gasteiger partial charge < -0.3 is 10.0 Å². The van der Waals surface area contributed by atoms with E-state index in [0.29, 0.717) is 22.8 Å². The summed E-state index contributed by atoms with van der Waals surface area (Å²) in [4.78, 5) is 12.5. The highest BCUT2D eigenvalue weighted by atomic mass is 35.5. The molecule has 1 unspecified atom stereocenters. The van der Waals surface area contributed by atoms with Crippen molar-refractivity contribution in [3.8, 4) is 6.07 Å². The lowest BCUT2D eigenvalue weighted by molar-refractivity contribution is -0.140. The van der Waals surface area contributed by atoms with Crippen LogP contribution < -0.4 is 4.90 Å². The van der Waals surface area contributed by atoms with Gasteiger partial charge in [-0.2, -0.15) is 5.26 Å². The van der Waals surface area contributed by atoms with Crippen LogP contribution >= 0.6 is 11.6 Å². The smallest absolute Gasteiger partial charge is 0.308 e. The molecule has 0 aromatic heterocycles. The third-order valence-corrected chi connectivity index (χ3v) is 2.69. The summed E-state index contributed by atoms with van der Waals surface area (Å²) in [6, 6.07) is 7.01. The third-order valence-electron chi connectivity index (χ3n) is 2.46. The van der Waals surface area contributed by atoms with E-state index < -0.39 is 11.9 Å². The molecule has 4 nitrogen and oxygen atoms in total. The van der Waals surface area contributed by atoms with Crippen LogP contribution in [-0.4, -0.2) is 24.7 Å². The van der Waals surface area contributed by atoms with Crippen molar-refractivity contribution in [2.75, 3.05) is 18.5 Å². The van der Waals surface area contributed by atoms with Gasteiger partial charge in [0.15, 0.2) is 0 Å². The molecule has 0 saturated heterocycles. The van der Waals surface area contributed by atoms with E-state index in [9.17, 15) is 4.79 Å². The molecule has 0 saturated carbocycles. The zero-order valence-corrected chi connectivity index (χ0v) is 10.4. The summed E-state index contributed by atoms with van der Waals surface area (Å²) >= 11 is 5.79. The van der Waals surface area contributed by atoms with Crippen LogP contribution in [0.1, 0.15) is 12.5 Å². The Hall–Kier alpha value is -1.73. The first kappa shape index (κ1) is 13.3. The Kier molecular flexibility index (Phi) is 4.36. The molecule has 0 fully saturated rings. The molecular formula is C12H13ClN2O2. The van der Waals surface area contributed by atoms with Crippen LogP contribution in [0.3, 0.4) is 0 Å². The number of carboxylic acids is 1. The molecule has 0 bridgehead atoms. The van der Waals surface area contributed by atoms with Crippen molar-refractivity contribution in [1.82, 2.24) is 0 Å². The lowest BCUT2D eigenvalue weighted by atomic mass is 10.1. The normalized spacial score (nSPS) is 11.6. The molecule has 0 amide bonds. The van der Waals surface area contributed by atoms with Crippen molar-refractivity contribution in [3.05, 3.63) is 28.8 Å². The molecule has 0 spiro atoms. The molecule has 1 aromatic carbocycles. The van der Waals surface area contributed by atoms with Gasteiger partial charge in [0.05, 0.1) is 17.2 Å². The Morgan fingerprint density at radius 2 is 2.29 bits per heavy atom. The van der Waals surface area contributed by atoms with E-state index >= 15 is 0 Å². The summed E-state index contributed by atoms with van der Waals surface area (Å²) in [5.74, 6) is -1.36. The van der Waals surface area contributed by atoms with Crippen LogP contribution in [0.2, 0.25) is 5.02 Å². The number of nitriles is 1. The number of halogens is 1. The van der Waals surface area contributed by atoms with Gasteiger partial charge in [-0.05, 0) is 18.2 Å². The summed E-state index contributed by atoms with van der Waals surface area (Å²) in [7, 11) is 1.75. The first-order valence-electron chi connectivity index (χ1n) is 5.09. The van der Waals surface area contributed by atoms with Crippen molar-refractivity contribution < 1.29 is 9.90 Å². The second kappa shape index (κ2) is 5.55. The SMILES string of the molecule is CC(CN(C)c1ccc(Cl)cc1C#N)C(=O)O. The van der Waals surface area contributed by atoms with E-state index in [2.05, 4.69) is 0 Å². The summed E-state index contributed by atoms with van der Waals surface area (Å²) < 4.78 is 0. The topological polar surface area (TPSA) is 64.3 Å². The summed E-state index contributed by atoms with van der Waals surface area (Å²) in [5.41, 5.74) is 1.13. The second-order valence-corrected chi connectivity index (χ2v) is 4.33. The maximum atomic E-state index is 10.8. The predicted octanol–water partition coefficient (Wildman–Crippen LogP) is 2.37. The van der Waals surface area contributed by atoms with Gasteiger partial charge in [-0.1, -0.05) is 18.5 Å². The van der Waals surface area contributed by atoms with Gasteiger partial charge >= 0.3 is 5.97 Å². The van der Waals surface area contributed by atoms with Crippen LogP contribution in [-0.2, 0) is 4.79 Å². The number of anilines is 1. The first-order valence-corrected chi connectivity index (χ1v) is 5.47. The minimum atomic E-state index is -0.857. The van der Waals surface area contributed by atoms with Crippen LogP contribution in [0.15, 0.2) is 18.2 Å². The maximum Gasteiger partial charge on any atom is 0.308 e. The number of benzene rings is 1. The first-order chi connectivity index (χ1) is 7.95. The molecule has 0 radical (unpaired) electrons. The van der Waals surface area contributed by atoms with E-state index in [-0.39, 0.29) is 0 Å². The molecule has 17 heavy (non-hydrogen) atoms. The van der Waals surface area contributed by atoms with Crippen molar-refractivity contribution >= 4 is 23.3 Å². The molecule has 0 aliphatic heterocycles. The zero-order valence-electron chi connectivity index (χ0n) is 9.64. The number of nitrogens with zero attached hydrogens (tertiary/aromatic N) is 2. The molecule has 1 atom stereocenters. The maximum absolute atomic E-state index is 10.8. The van der Waals surface area contributed by atoms with Gasteiger partial charge in [-0.3, -0.25) is 4.79 Å². The van der Waals surface area contributed by atoms with Crippen molar-refractivity contribution in [2.45, 2.75) is 6.92 Å². The van der Waals surface area contributed by atoms with E-state index in [1.807, 2.05) is 6.07 Å². The summed E-state index contributed by atoms with van der Waals surface area (Å²) in [6.45, 7) is 1.96. The molecule has 0 heterocycles. The lowest BCUT2D eigenvalue weighted by Gasteiger charge is -2.22. The van der Waals surface area contributed by atoms with E-state index in [1.54, 1.807) is 37.1 Å². The number of hydrogen-bond acceptors (Lipinski definition) is 3. The van der Waals surface area contributed by atoms with Crippen LogP contribution in [0, 0.1) is 17.2 Å². The predicted molar refractivity (Wildman–Crippen MR) is 66.2 cm³/mol. The number of carboxylic acid groups (broad SMARTS) is 1. The lowest BCUT2D eigenvalue weighted by Crippen LogP contribution is -2.28. The van der Waals surface area contributed by atoms with Crippen molar-refractivity contribution in [3.63, 3.8) is 0 Å². The summed E-state index contributed by atoms with van der Waals surface area (Å²) in [5, 5.41) is 18.3. The minimum Gasteiger partial charge on any atom is -0.481 e. The van der Waals surface area contributed by atoms with Crippen molar-refractivity contribution in [1.29, 1.82) is 5.26 Å². The zero-order chi connectivity index (χ0) is 13.0. The number of rotatable bonds is 4. The fourth-order valence-corrected chi connectivity index (χ4v) is 1.69. The minimum absolute atomic E-state index is 0.339. The highest BCUT2D eigenvalue weighted by molar-refractivity contribution is 6.30. The van der Waals surface area contributed by atoms with Crippen LogP contribution in [0.5, 0.6) is 0 Å². The van der Waals surface area contributed by atoms with Gasteiger partial charge in [0.2, 0.25) is 0 Å². The van der Waals surface area contributed by atoms with Crippen LogP contribution in [0.4, 0.5) is 5.69 Å². The Balaban J connectivity index is 2.93. The summed E-state index contributed by atoms with van der Waals surface area (Å²) in [6.07, 6.45) is 0. The molecule has 5 heteroatoms. The fourth-order valence-electron chi connectivity index (χ4n) is 1.52. The monoisotopic (exact) mass is 252 g/mol. The van der Waals surface area contributed by atoms with Crippen LogP contribution in [0.25, 0.3) is 0 Å². The standard InChI is InChI=1S/C12H13ClN2O2/c1-8(12(16)17)7-15(2)11-4-3-10(13)5-9(11)6-14/h3-5,8H,7H2,1-2H3,(H,16,17). The molecule has 1 aromatic rings. The Morgan fingerprint density at radius 1 is 1.65 bits per heavy atom. The third kappa shape index (κ3) is 3.36. The molecule has 1 rings (SSSR count). The van der Waals surface area contributed by atoms with Gasteiger partial charge in [0, 0.05) is 18.6 Å². The molecule has 1 N–H and O–H groups in total. The Bertz CT molecular complexity index is 468. The second-order valence-electron chi connectivity index (χ2n) is 3.89. The van der Waals surface area contributed by atoms with Gasteiger partial charge in [0.25, 0.3) is 0 Å². The molecule has 0 aliphatic rings. The van der Waals surface area contributed by atoms with Gasteiger partial charge in [-0.15, -0.1) is 0 Å². The van der Waals surface area contributed by atoms with Crippen molar-refractivity contribution in [2.24, 2.45) is 5.92 Å². The Morgan fingerprint density at radius 3 is 2.82 bits per heavy atom. The Labute approximate surface area is 105 Å². The average Bonchev–Trinajstić information content (AvgIpc) is 2.28. The molecule has 0 aliphatic carbocycles. The van der Waals surface area contributed by atoms with E-state index in [0.717, 1.165) is 0 Å². The quantitative estimate of drug-likeness (QED) is 0.894. The number of carbonyl (C=O) groups is 1. The molecular weight excluding hydrogens is 240 g/mol. The van der Waals surface area contributed by atoms with E-state index in [1.165, 1.54) is 0 Å². The highest BCUT2D eigenvalue weighted by Gasteiger charge is 2.15. The largest absolute Gasteiger partial charge is 0.481 e. The molecule has 90 valence electrons. The van der Waals surface area contributed by atoms with Gasteiger partial charge in [0.1, 0.15) is 6.07 Å². The fraction of sp³-hybridized carbons (Fsp3) is 0.333. The van der Waals surface area contributed by atoms with Gasteiger partial charge in [-0.25, -0.2) is 0 Å². The highest BCUT2D eigenvalue weighted by Crippen LogP contribution is 2.23. The average molecular weight is 253 g/mol. The number of hydrogen-bond donors (Lipinski definition) is 1. The van der Waals surface area contributed by atoms with E-state index in [4.69, 9.17) is 22.0 Å². The number of aliphatic carboxylic acids is 1.